The van der Waals surface area contributed by atoms with Crippen LogP contribution in [0.4, 0.5) is 0 Å². The Morgan fingerprint density at radius 3 is 2.88 bits per heavy atom. The summed E-state index contributed by atoms with van der Waals surface area (Å²) < 4.78 is 0. The van der Waals surface area contributed by atoms with Gasteiger partial charge in [0, 0.05) is 11.6 Å². The highest BCUT2D eigenvalue weighted by atomic mass is 35.5. The lowest BCUT2D eigenvalue weighted by atomic mass is 10.1. The van der Waals surface area contributed by atoms with Crippen LogP contribution < -0.4 is 0 Å². The van der Waals surface area contributed by atoms with Gasteiger partial charge in [-0.1, -0.05) is 18.5 Å². The molecule has 0 aliphatic heterocycles. The van der Waals surface area contributed by atoms with Crippen molar-refractivity contribution in [3.8, 4) is 0 Å². The van der Waals surface area contributed by atoms with Crippen LogP contribution in [0.15, 0.2) is 18.3 Å². The number of hydrogen-bond donors (Lipinski definition) is 1. The highest BCUT2D eigenvalue weighted by molar-refractivity contribution is 6.32. The van der Waals surface area contributed by atoms with Gasteiger partial charge in [-0.2, -0.15) is 0 Å². The van der Waals surface area contributed by atoms with Gasteiger partial charge in [0.15, 0.2) is 5.65 Å². The third kappa shape index (κ3) is 1.84. The van der Waals surface area contributed by atoms with Crippen LogP contribution >= 0.6 is 11.6 Å². The lowest BCUT2D eigenvalue weighted by molar-refractivity contribution is 0.0697. The minimum absolute atomic E-state index is 0.00391. The second kappa shape index (κ2) is 4.06. The predicted octanol–water partition coefficient (Wildman–Crippen LogP) is 2.54. The van der Waals surface area contributed by atoms with E-state index < -0.39 is 5.97 Å². The van der Waals surface area contributed by atoms with E-state index in [1.807, 2.05) is 13.0 Å². The summed E-state index contributed by atoms with van der Waals surface area (Å²) in [4.78, 5) is 18.9. The number of aryl methyl sites for hydroxylation is 1. The molecular weight excluding hydrogens is 228 g/mol. The van der Waals surface area contributed by atoms with Crippen molar-refractivity contribution in [3.63, 3.8) is 0 Å². The van der Waals surface area contributed by atoms with Gasteiger partial charge in [-0.05, 0) is 24.1 Å². The summed E-state index contributed by atoms with van der Waals surface area (Å²) in [7, 11) is 0. The fourth-order valence-corrected chi connectivity index (χ4v) is 1.65. The van der Waals surface area contributed by atoms with Gasteiger partial charge in [-0.3, -0.25) is 0 Å². The number of aromatic carboxylic acids is 1. The quantitative estimate of drug-likeness (QED) is 0.814. The van der Waals surface area contributed by atoms with Crippen molar-refractivity contribution < 1.29 is 9.90 Å². The molecule has 1 N–H and O–H groups in total. The van der Waals surface area contributed by atoms with Crippen molar-refractivity contribution in [2.75, 3.05) is 0 Å². The molecule has 0 saturated carbocycles. The summed E-state index contributed by atoms with van der Waals surface area (Å²) in [6.45, 7) is 2.00. The van der Waals surface area contributed by atoms with Crippen LogP contribution in [-0.2, 0) is 6.42 Å². The van der Waals surface area contributed by atoms with Crippen LogP contribution in [-0.4, -0.2) is 21.0 Å². The summed E-state index contributed by atoms with van der Waals surface area (Å²) in [5.74, 6) is -1.08. The third-order valence-electron chi connectivity index (χ3n) is 2.32. The maximum absolute atomic E-state index is 10.9. The number of nitrogens with zero attached hydrogens (tertiary/aromatic N) is 2. The first-order valence-corrected chi connectivity index (χ1v) is 5.18. The number of carboxylic acid groups (broad SMARTS) is 1. The van der Waals surface area contributed by atoms with Gasteiger partial charge in [0.25, 0.3) is 0 Å². The Hall–Kier alpha value is -1.68. The minimum atomic E-state index is -1.08. The maximum Gasteiger partial charge on any atom is 0.338 e. The van der Waals surface area contributed by atoms with E-state index in [-0.39, 0.29) is 10.7 Å². The molecule has 4 nitrogen and oxygen atoms in total. The van der Waals surface area contributed by atoms with Crippen molar-refractivity contribution in [2.24, 2.45) is 0 Å². The largest absolute Gasteiger partial charge is 0.478 e. The average Bonchev–Trinajstić information content (AvgIpc) is 2.27. The Kier molecular flexibility index (Phi) is 2.75. The van der Waals surface area contributed by atoms with Gasteiger partial charge in [0.2, 0.25) is 0 Å². The first-order chi connectivity index (χ1) is 7.61. The lowest BCUT2D eigenvalue weighted by Crippen LogP contribution is -2.00. The second-order valence-electron chi connectivity index (χ2n) is 3.38. The maximum atomic E-state index is 10.9. The molecule has 0 unspecified atom stereocenters. The van der Waals surface area contributed by atoms with Gasteiger partial charge in [-0.25, -0.2) is 14.8 Å². The topological polar surface area (TPSA) is 63.1 Å². The molecule has 2 heterocycles. The number of hydrogen-bond acceptors (Lipinski definition) is 3. The molecule has 0 aliphatic rings. The van der Waals surface area contributed by atoms with E-state index in [0.29, 0.717) is 11.0 Å². The normalized spacial score (nSPS) is 10.6. The second-order valence-corrected chi connectivity index (χ2v) is 3.73. The van der Waals surface area contributed by atoms with Gasteiger partial charge in [0.05, 0.1) is 5.56 Å². The van der Waals surface area contributed by atoms with E-state index in [2.05, 4.69) is 9.97 Å². The SMILES string of the molecule is CCc1cnc2nc(Cl)c(C(=O)O)cc2c1. The van der Waals surface area contributed by atoms with Crippen LogP contribution in [0, 0.1) is 0 Å². The number of halogens is 1. The molecule has 5 heteroatoms. The van der Waals surface area contributed by atoms with E-state index in [9.17, 15) is 4.79 Å². The molecule has 2 aromatic heterocycles. The van der Waals surface area contributed by atoms with Gasteiger partial charge >= 0.3 is 5.97 Å². The summed E-state index contributed by atoms with van der Waals surface area (Å²) in [5, 5.41) is 9.57. The Bertz CT molecular complexity index is 569. The summed E-state index contributed by atoms with van der Waals surface area (Å²) >= 11 is 5.74. The zero-order valence-electron chi connectivity index (χ0n) is 8.57. The Morgan fingerprint density at radius 2 is 2.25 bits per heavy atom. The fourth-order valence-electron chi connectivity index (χ4n) is 1.43. The third-order valence-corrected chi connectivity index (χ3v) is 2.60. The van der Waals surface area contributed by atoms with Crippen LogP contribution in [0.2, 0.25) is 5.15 Å². The van der Waals surface area contributed by atoms with Crippen LogP contribution in [0.1, 0.15) is 22.8 Å². The molecule has 2 rings (SSSR count). The zero-order chi connectivity index (χ0) is 11.7. The molecule has 0 aliphatic carbocycles. The van der Waals surface area contributed by atoms with Crippen molar-refractivity contribution in [2.45, 2.75) is 13.3 Å². The average molecular weight is 237 g/mol. The molecular formula is C11H9ClN2O2. The molecule has 0 bridgehead atoms. The predicted molar refractivity (Wildman–Crippen MR) is 60.9 cm³/mol. The standard InChI is InChI=1S/C11H9ClN2O2/c1-2-6-3-7-4-8(11(15)16)9(12)14-10(7)13-5-6/h3-5H,2H2,1H3,(H,15,16). The Balaban J connectivity index is 2.70. The summed E-state index contributed by atoms with van der Waals surface area (Å²) in [6.07, 6.45) is 2.56. The number of fused-ring (bicyclic) bond motifs is 1. The summed E-state index contributed by atoms with van der Waals surface area (Å²) in [5.41, 5.74) is 1.50. The number of carboxylic acids is 1. The molecule has 0 saturated heterocycles. The molecule has 0 fully saturated rings. The number of pyridine rings is 2. The van der Waals surface area contributed by atoms with Crippen LogP contribution in [0.3, 0.4) is 0 Å². The summed E-state index contributed by atoms with van der Waals surface area (Å²) in [6, 6.07) is 3.37. The number of carbonyl (C=O) groups is 1. The van der Waals surface area contributed by atoms with Gasteiger partial charge in [-0.15, -0.1) is 0 Å². The lowest BCUT2D eigenvalue weighted by Gasteiger charge is -2.03. The molecule has 82 valence electrons. The highest BCUT2D eigenvalue weighted by Gasteiger charge is 2.12. The monoisotopic (exact) mass is 236 g/mol. The molecule has 0 aromatic carbocycles. The Morgan fingerprint density at radius 1 is 1.50 bits per heavy atom. The number of aromatic nitrogens is 2. The number of rotatable bonds is 2. The fraction of sp³-hybridized carbons (Fsp3) is 0.182. The van der Waals surface area contributed by atoms with E-state index in [1.165, 1.54) is 6.07 Å². The Labute approximate surface area is 96.9 Å². The highest BCUT2D eigenvalue weighted by Crippen LogP contribution is 2.20. The van der Waals surface area contributed by atoms with Crippen LogP contribution in [0.5, 0.6) is 0 Å². The van der Waals surface area contributed by atoms with Crippen molar-refractivity contribution in [3.05, 3.63) is 34.6 Å². The molecule has 0 atom stereocenters. The smallest absolute Gasteiger partial charge is 0.338 e. The van der Waals surface area contributed by atoms with Crippen LogP contribution in [0.25, 0.3) is 11.0 Å². The van der Waals surface area contributed by atoms with Crippen molar-refractivity contribution in [1.29, 1.82) is 0 Å². The molecule has 0 spiro atoms. The van der Waals surface area contributed by atoms with Gasteiger partial charge < -0.3 is 5.11 Å². The van der Waals surface area contributed by atoms with E-state index in [1.54, 1.807) is 6.20 Å². The van der Waals surface area contributed by atoms with Crippen molar-refractivity contribution >= 4 is 28.6 Å². The molecule has 0 radical (unpaired) electrons. The minimum Gasteiger partial charge on any atom is -0.478 e. The van der Waals surface area contributed by atoms with Gasteiger partial charge in [0.1, 0.15) is 5.15 Å². The van der Waals surface area contributed by atoms with E-state index in [4.69, 9.17) is 16.7 Å². The van der Waals surface area contributed by atoms with E-state index >= 15 is 0 Å². The first-order valence-electron chi connectivity index (χ1n) is 4.80. The molecule has 0 amide bonds. The van der Waals surface area contributed by atoms with Crippen molar-refractivity contribution in [1.82, 2.24) is 9.97 Å². The first kappa shape index (κ1) is 10.8. The molecule has 2 aromatic rings. The molecule has 16 heavy (non-hydrogen) atoms. The zero-order valence-corrected chi connectivity index (χ0v) is 9.32. The van der Waals surface area contributed by atoms with E-state index in [0.717, 1.165) is 12.0 Å².